The molecule has 1 aliphatic rings. The summed E-state index contributed by atoms with van der Waals surface area (Å²) in [4.78, 5) is 29.8. The smallest absolute Gasteiger partial charge is 0.480 e. The van der Waals surface area contributed by atoms with E-state index in [1.165, 1.54) is 32.5 Å². The van der Waals surface area contributed by atoms with E-state index >= 15 is 0 Å². The number of nitrogens with one attached hydrogen (secondary N) is 2. The first-order valence-corrected chi connectivity index (χ1v) is 9.81. The Hall–Kier alpha value is -3.64. The van der Waals surface area contributed by atoms with Crippen molar-refractivity contribution in [1.29, 1.82) is 0 Å². The van der Waals surface area contributed by atoms with Gasteiger partial charge in [0.2, 0.25) is 5.88 Å². The number of alkyl halides is 2. The van der Waals surface area contributed by atoms with Gasteiger partial charge in [0.15, 0.2) is 17.3 Å². The number of hydrogen-bond donors (Lipinski definition) is 2. The lowest BCUT2D eigenvalue weighted by Crippen LogP contribution is -2.27. The van der Waals surface area contributed by atoms with Crippen molar-refractivity contribution in [2.45, 2.75) is 6.29 Å². The molecule has 1 aromatic carbocycles. The summed E-state index contributed by atoms with van der Waals surface area (Å²) in [5.74, 6) is -2.55. The summed E-state index contributed by atoms with van der Waals surface area (Å²) in [5.41, 5.74) is -0.853. The maximum atomic E-state index is 13.6. The van der Waals surface area contributed by atoms with Gasteiger partial charge < -0.3 is 24.8 Å². The molecule has 33 heavy (non-hydrogen) atoms. The van der Waals surface area contributed by atoms with Gasteiger partial charge in [-0.05, 0) is 12.1 Å². The van der Waals surface area contributed by atoms with Crippen LogP contribution in [0.25, 0.3) is 5.82 Å². The van der Waals surface area contributed by atoms with Gasteiger partial charge in [-0.15, -0.1) is 13.9 Å². The van der Waals surface area contributed by atoms with Crippen molar-refractivity contribution in [3.05, 3.63) is 51.8 Å². The van der Waals surface area contributed by atoms with Gasteiger partial charge in [-0.25, -0.2) is 9.67 Å². The molecule has 0 atom stereocenters. The topological polar surface area (TPSA) is 117 Å². The van der Waals surface area contributed by atoms with E-state index in [-0.39, 0.29) is 33.1 Å². The molecule has 0 bridgehead atoms. The van der Waals surface area contributed by atoms with Crippen molar-refractivity contribution in [3.63, 3.8) is 0 Å². The van der Waals surface area contributed by atoms with Crippen LogP contribution in [0, 0.1) is 0 Å². The van der Waals surface area contributed by atoms with E-state index in [9.17, 15) is 18.4 Å². The van der Waals surface area contributed by atoms with Gasteiger partial charge in [0, 0.05) is 25.4 Å². The number of pyridine rings is 1. The van der Waals surface area contributed by atoms with Crippen LogP contribution in [0.15, 0.2) is 30.5 Å². The van der Waals surface area contributed by atoms with Crippen LogP contribution < -0.4 is 24.8 Å². The number of aromatic nitrogens is 3. The summed E-state index contributed by atoms with van der Waals surface area (Å²) < 4.78 is 42.3. The van der Waals surface area contributed by atoms with Gasteiger partial charge >= 0.3 is 6.29 Å². The molecule has 14 heteroatoms. The number of ether oxygens (including phenoxy) is 3. The van der Waals surface area contributed by atoms with E-state index in [0.717, 1.165) is 10.7 Å². The van der Waals surface area contributed by atoms with Crippen molar-refractivity contribution in [3.8, 4) is 23.2 Å². The summed E-state index contributed by atoms with van der Waals surface area (Å²) in [5, 5.41) is 8.78. The Morgan fingerprint density at radius 1 is 1.18 bits per heavy atom. The molecule has 4 rings (SSSR count). The Bertz CT molecular complexity index is 1280. The minimum Gasteiger partial charge on any atom is -0.480 e. The molecule has 0 saturated carbocycles. The fourth-order valence-electron chi connectivity index (χ4n) is 3.01. The Balaban J connectivity index is 1.80. The van der Waals surface area contributed by atoms with Gasteiger partial charge in [0.1, 0.15) is 11.3 Å². The molecule has 2 N–H and O–H groups in total. The van der Waals surface area contributed by atoms with Gasteiger partial charge in [0.05, 0.1) is 22.8 Å². The SMILES string of the molecule is CNC(=O)c1c(NC(=O)c2cc(OC)nn2-c2ncccc2Cl)c(Cl)cc2c1OC(F)(F)O2. The Morgan fingerprint density at radius 3 is 2.61 bits per heavy atom. The minimum atomic E-state index is -4.02. The normalized spacial score (nSPS) is 13.5. The largest absolute Gasteiger partial charge is 0.586 e. The highest BCUT2D eigenvalue weighted by Crippen LogP contribution is 2.49. The summed E-state index contributed by atoms with van der Waals surface area (Å²) >= 11 is 12.4. The number of halogens is 4. The molecule has 172 valence electrons. The Morgan fingerprint density at radius 2 is 1.94 bits per heavy atom. The average molecular weight is 500 g/mol. The first kappa shape index (κ1) is 22.6. The fourth-order valence-corrected chi connectivity index (χ4v) is 3.45. The third kappa shape index (κ3) is 4.10. The van der Waals surface area contributed by atoms with Gasteiger partial charge in [-0.1, -0.05) is 23.2 Å². The second-order valence-electron chi connectivity index (χ2n) is 6.43. The number of methoxy groups -OCH3 is 1. The second-order valence-corrected chi connectivity index (χ2v) is 7.24. The lowest BCUT2D eigenvalue weighted by Gasteiger charge is -2.14. The molecule has 3 aromatic rings. The Kier molecular flexibility index (Phi) is 5.72. The van der Waals surface area contributed by atoms with Crippen LogP contribution in [0.5, 0.6) is 17.4 Å². The van der Waals surface area contributed by atoms with Crippen LogP contribution in [0.4, 0.5) is 14.5 Å². The summed E-state index contributed by atoms with van der Waals surface area (Å²) in [6.07, 6.45) is -2.57. The highest BCUT2D eigenvalue weighted by molar-refractivity contribution is 6.35. The number of amides is 2. The first-order valence-electron chi connectivity index (χ1n) is 9.06. The molecule has 0 unspecified atom stereocenters. The number of fused-ring (bicyclic) bond motifs is 1. The van der Waals surface area contributed by atoms with Gasteiger partial charge in [-0.3, -0.25) is 9.59 Å². The van der Waals surface area contributed by atoms with Crippen molar-refractivity contribution in [2.75, 3.05) is 19.5 Å². The van der Waals surface area contributed by atoms with Crippen molar-refractivity contribution in [1.82, 2.24) is 20.1 Å². The molecule has 10 nitrogen and oxygen atoms in total. The molecule has 0 saturated heterocycles. The molecular weight excluding hydrogens is 487 g/mol. The van der Waals surface area contributed by atoms with Gasteiger partial charge in [0.25, 0.3) is 11.8 Å². The molecule has 3 heterocycles. The van der Waals surface area contributed by atoms with Crippen molar-refractivity contribution in [2.24, 2.45) is 0 Å². The quantitative estimate of drug-likeness (QED) is 0.551. The van der Waals surface area contributed by atoms with Crippen LogP contribution in [-0.4, -0.2) is 47.0 Å². The lowest BCUT2D eigenvalue weighted by molar-refractivity contribution is -0.286. The lowest BCUT2D eigenvalue weighted by atomic mass is 10.1. The molecule has 0 spiro atoms. The van der Waals surface area contributed by atoms with E-state index < -0.39 is 35.2 Å². The third-order valence-corrected chi connectivity index (χ3v) is 5.00. The van der Waals surface area contributed by atoms with E-state index in [4.69, 9.17) is 27.9 Å². The highest BCUT2D eigenvalue weighted by Gasteiger charge is 2.46. The molecular formula is C19H13Cl2F2N5O5. The predicted molar refractivity (Wildman–Crippen MR) is 112 cm³/mol. The van der Waals surface area contributed by atoms with E-state index in [0.29, 0.717) is 0 Å². The van der Waals surface area contributed by atoms with Crippen LogP contribution in [0.1, 0.15) is 20.8 Å². The van der Waals surface area contributed by atoms with Crippen LogP contribution in [0.3, 0.4) is 0 Å². The van der Waals surface area contributed by atoms with Crippen molar-refractivity contribution < 1.29 is 32.6 Å². The zero-order valence-corrected chi connectivity index (χ0v) is 18.3. The molecule has 0 fully saturated rings. The summed E-state index contributed by atoms with van der Waals surface area (Å²) in [6.45, 7) is 0. The van der Waals surface area contributed by atoms with E-state index in [2.05, 4.69) is 30.2 Å². The van der Waals surface area contributed by atoms with Crippen LogP contribution in [-0.2, 0) is 0 Å². The summed E-state index contributed by atoms with van der Waals surface area (Å²) in [6, 6.07) is 5.41. The molecule has 0 aliphatic carbocycles. The number of hydrogen-bond acceptors (Lipinski definition) is 7. The minimum absolute atomic E-state index is 0.0600. The molecule has 2 aromatic heterocycles. The zero-order valence-electron chi connectivity index (χ0n) is 16.8. The molecule has 2 amide bonds. The molecule has 1 aliphatic heterocycles. The number of rotatable bonds is 5. The first-order chi connectivity index (χ1) is 15.6. The maximum Gasteiger partial charge on any atom is 0.586 e. The fraction of sp³-hybridized carbons (Fsp3) is 0.158. The molecule has 0 radical (unpaired) electrons. The third-order valence-electron chi connectivity index (χ3n) is 4.41. The average Bonchev–Trinajstić information content (AvgIpc) is 3.33. The highest BCUT2D eigenvalue weighted by atomic mass is 35.5. The number of carbonyl (C=O) groups is 2. The number of nitrogens with zero attached hydrogens (tertiary/aromatic N) is 3. The zero-order chi connectivity index (χ0) is 23.9. The van der Waals surface area contributed by atoms with Crippen LogP contribution >= 0.6 is 23.2 Å². The number of anilines is 1. The Labute approximate surface area is 194 Å². The maximum absolute atomic E-state index is 13.6. The van der Waals surface area contributed by atoms with E-state index in [1.807, 2.05) is 0 Å². The number of carbonyl (C=O) groups excluding carboxylic acids is 2. The summed E-state index contributed by atoms with van der Waals surface area (Å²) in [7, 11) is 2.60. The van der Waals surface area contributed by atoms with Gasteiger partial charge in [-0.2, -0.15) is 0 Å². The van der Waals surface area contributed by atoms with Crippen molar-refractivity contribution >= 4 is 40.7 Å². The van der Waals surface area contributed by atoms with E-state index in [1.54, 1.807) is 6.07 Å². The monoisotopic (exact) mass is 499 g/mol. The number of benzene rings is 1. The second kappa shape index (κ2) is 8.37. The predicted octanol–water partition coefficient (Wildman–Crippen LogP) is 3.52. The van der Waals surface area contributed by atoms with Crippen LogP contribution in [0.2, 0.25) is 10.0 Å². The standard InChI is InChI=1S/C19H13Cl2F2N5O5/c1-24-18(30)13-14(9(21)6-11-15(13)33-19(22,23)32-11)26-17(29)10-7-12(31-2)27-28(10)16-8(20)4-3-5-25-16/h3-7H,1-2H3,(H,24,30)(H,26,29).